The Morgan fingerprint density at radius 1 is 0.909 bits per heavy atom. The fraction of sp³-hybridized carbons (Fsp3) is 0.0370. The predicted octanol–water partition coefficient (Wildman–Crippen LogP) is 7.27. The first-order valence-electron chi connectivity index (χ1n) is 10.1. The molecule has 4 nitrogen and oxygen atoms in total. The highest BCUT2D eigenvalue weighted by Crippen LogP contribution is 2.33. The van der Waals surface area contributed by atoms with Gasteiger partial charge in [0.1, 0.15) is 24.0 Å². The number of nitrogens with zero attached hydrogens (tertiary/aromatic N) is 1. The second-order valence-corrected chi connectivity index (χ2v) is 8.01. The van der Waals surface area contributed by atoms with Gasteiger partial charge in [-0.15, -0.1) is 0 Å². The van der Waals surface area contributed by atoms with Crippen LogP contribution in [0.25, 0.3) is 16.8 Å². The molecule has 1 amide bonds. The minimum absolute atomic E-state index is 0.105. The Morgan fingerprint density at radius 3 is 2.33 bits per heavy atom. The minimum Gasteiger partial charge on any atom is -0.488 e. The Kier molecular flexibility index (Phi) is 6.95. The van der Waals surface area contributed by atoms with Crippen LogP contribution in [0.4, 0.5) is 5.69 Å². The number of para-hydroxylation sites is 1. The summed E-state index contributed by atoms with van der Waals surface area (Å²) in [5, 5.41) is 14.8. The van der Waals surface area contributed by atoms with Crippen LogP contribution in [0, 0.1) is 11.3 Å². The lowest BCUT2D eigenvalue weighted by Crippen LogP contribution is -2.14. The maximum atomic E-state index is 12.9. The van der Waals surface area contributed by atoms with Crippen molar-refractivity contribution in [3.8, 4) is 11.8 Å². The molecule has 0 aliphatic carbocycles. The summed E-state index contributed by atoms with van der Waals surface area (Å²) in [6, 6.07) is 28.1. The molecule has 162 valence electrons. The van der Waals surface area contributed by atoms with E-state index < -0.39 is 5.91 Å². The van der Waals surface area contributed by atoms with Crippen LogP contribution in [0.2, 0.25) is 10.0 Å². The van der Waals surface area contributed by atoms with Gasteiger partial charge < -0.3 is 10.1 Å². The molecule has 33 heavy (non-hydrogen) atoms. The molecule has 0 bridgehead atoms. The van der Waals surface area contributed by atoms with Crippen molar-refractivity contribution in [3.05, 3.63) is 112 Å². The summed E-state index contributed by atoms with van der Waals surface area (Å²) in [4.78, 5) is 12.9. The molecule has 0 spiro atoms. The van der Waals surface area contributed by atoms with Crippen molar-refractivity contribution >= 4 is 51.6 Å². The highest BCUT2D eigenvalue weighted by molar-refractivity contribution is 6.40. The van der Waals surface area contributed by atoms with E-state index in [1.165, 1.54) is 6.08 Å². The fourth-order valence-corrected chi connectivity index (χ4v) is 3.87. The number of fused-ring (bicyclic) bond motifs is 1. The van der Waals surface area contributed by atoms with E-state index in [4.69, 9.17) is 27.9 Å². The molecule has 0 aliphatic heterocycles. The molecule has 0 aliphatic rings. The van der Waals surface area contributed by atoms with Crippen molar-refractivity contribution in [2.24, 2.45) is 0 Å². The molecule has 4 rings (SSSR count). The fourth-order valence-electron chi connectivity index (χ4n) is 3.38. The quantitative estimate of drug-likeness (QED) is 0.237. The second-order valence-electron chi connectivity index (χ2n) is 7.19. The van der Waals surface area contributed by atoms with E-state index >= 15 is 0 Å². The Morgan fingerprint density at radius 2 is 1.61 bits per heavy atom. The molecule has 1 N–H and O–H groups in total. The van der Waals surface area contributed by atoms with Gasteiger partial charge in [0.25, 0.3) is 5.91 Å². The van der Waals surface area contributed by atoms with E-state index in [-0.39, 0.29) is 21.3 Å². The molecule has 0 saturated carbocycles. The van der Waals surface area contributed by atoms with Crippen LogP contribution >= 0.6 is 23.2 Å². The van der Waals surface area contributed by atoms with E-state index in [0.29, 0.717) is 17.9 Å². The number of amides is 1. The number of anilines is 1. The highest BCUT2D eigenvalue weighted by atomic mass is 35.5. The van der Waals surface area contributed by atoms with Gasteiger partial charge in [0, 0.05) is 5.56 Å². The number of nitrogens with one attached hydrogen (secondary N) is 1. The SMILES string of the molecule is N#C/C(=C\c1c(OCc2ccccc2)ccc2ccccc12)C(=O)Nc1c(Cl)cccc1Cl. The van der Waals surface area contributed by atoms with Crippen LogP contribution in [0.1, 0.15) is 11.1 Å². The molecule has 0 aromatic heterocycles. The molecule has 0 atom stereocenters. The van der Waals surface area contributed by atoms with Gasteiger partial charge in [-0.3, -0.25) is 4.79 Å². The number of halogens is 2. The van der Waals surface area contributed by atoms with Gasteiger partial charge in [0.15, 0.2) is 0 Å². The van der Waals surface area contributed by atoms with Crippen molar-refractivity contribution in [1.82, 2.24) is 0 Å². The van der Waals surface area contributed by atoms with Gasteiger partial charge in [0.2, 0.25) is 0 Å². The molecule has 6 heteroatoms. The van der Waals surface area contributed by atoms with E-state index in [1.54, 1.807) is 18.2 Å². The largest absolute Gasteiger partial charge is 0.488 e. The maximum Gasteiger partial charge on any atom is 0.266 e. The first-order valence-corrected chi connectivity index (χ1v) is 10.9. The molecule has 0 heterocycles. The number of nitriles is 1. The Bertz CT molecular complexity index is 1370. The Hall–Kier alpha value is -3.78. The first-order chi connectivity index (χ1) is 16.1. The number of carbonyl (C=O) groups excluding carboxylic acids is 1. The van der Waals surface area contributed by atoms with Crippen molar-refractivity contribution < 1.29 is 9.53 Å². The van der Waals surface area contributed by atoms with Crippen molar-refractivity contribution in [1.29, 1.82) is 5.26 Å². The van der Waals surface area contributed by atoms with Crippen LogP contribution in [-0.4, -0.2) is 5.91 Å². The zero-order valence-electron chi connectivity index (χ0n) is 17.4. The van der Waals surface area contributed by atoms with Gasteiger partial charge in [0.05, 0.1) is 15.7 Å². The predicted molar refractivity (Wildman–Crippen MR) is 133 cm³/mol. The molecule has 4 aromatic carbocycles. The molecule has 0 fully saturated rings. The van der Waals surface area contributed by atoms with Crippen molar-refractivity contribution in [3.63, 3.8) is 0 Å². The number of hydrogen-bond donors (Lipinski definition) is 1. The average molecular weight is 473 g/mol. The zero-order chi connectivity index (χ0) is 23.2. The third kappa shape index (κ3) is 5.18. The lowest BCUT2D eigenvalue weighted by molar-refractivity contribution is -0.112. The molecule has 0 unspecified atom stereocenters. The van der Waals surface area contributed by atoms with Crippen LogP contribution < -0.4 is 10.1 Å². The smallest absolute Gasteiger partial charge is 0.266 e. The zero-order valence-corrected chi connectivity index (χ0v) is 18.9. The topological polar surface area (TPSA) is 62.1 Å². The number of benzene rings is 4. The van der Waals surface area contributed by atoms with E-state index in [2.05, 4.69) is 5.32 Å². The van der Waals surface area contributed by atoms with Crippen LogP contribution in [0.3, 0.4) is 0 Å². The second kappa shape index (κ2) is 10.2. The van der Waals surface area contributed by atoms with Crippen molar-refractivity contribution in [2.75, 3.05) is 5.32 Å². The summed E-state index contributed by atoms with van der Waals surface area (Å²) in [5.74, 6) is -0.0525. The molecule has 0 radical (unpaired) electrons. The van der Waals surface area contributed by atoms with E-state index in [1.807, 2.05) is 72.8 Å². The van der Waals surface area contributed by atoms with Crippen molar-refractivity contribution in [2.45, 2.75) is 6.61 Å². The van der Waals surface area contributed by atoms with Gasteiger partial charge in [-0.25, -0.2) is 0 Å². The van der Waals surface area contributed by atoms with Gasteiger partial charge in [-0.2, -0.15) is 5.26 Å². The lowest BCUT2D eigenvalue weighted by atomic mass is 10.0. The summed E-state index contributed by atoms with van der Waals surface area (Å²) >= 11 is 12.3. The summed E-state index contributed by atoms with van der Waals surface area (Å²) in [6.07, 6.45) is 1.53. The molecular formula is C27H18Cl2N2O2. The van der Waals surface area contributed by atoms with Crippen LogP contribution in [0.5, 0.6) is 5.75 Å². The minimum atomic E-state index is -0.616. The summed E-state index contributed by atoms with van der Waals surface area (Å²) < 4.78 is 6.09. The van der Waals surface area contributed by atoms with Gasteiger partial charge >= 0.3 is 0 Å². The van der Waals surface area contributed by atoms with Crippen LogP contribution in [0.15, 0.2) is 90.5 Å². The number of carbonyl (C=O) groups is 1. The third-order valence-electron chi connectivity index (χ3n) is 5.02. The summed E-state index contributed by atoms with van der Waals surface area (Å²) in [6.45, 7) is 0.351. The van der Waals surface area contributed by atoms with Crippen LogP contribution in [-0.2, 0) is 11.4 Å². The highest BCUT2D eigenvalue weighted by Gasteiger charge is 2.16. The normalized spacial score (nSPS) is 11.1. The Balaban J connectivity index is 1.72. The van der Waals surface area contributed by atoms with Gasteiger partial charge in [-0.05, 0) is 40.6 Å². The number of hydrogen-bond acceptors (Lipinski definition) is 3. The number of rotatable bonds is 6. The molecule has 0 saturated heterocycles. The van der Waals surface area contributed by atoms with Gasteiger partial charge in [-0.1, -0.05) is 89.9 Å². The molecular weight excluding hydrogens is 455 g/mol. The van der Waals surface area contributed by atoms with E-state index in [9.17, 15) is 10.1 Å². The van der Waals surface area contributed by atoms with E-state index in [0.717, 1.165) is 16.3 Å². The maximum absolute atomic E-state index is 12.9. The third-order valence-corrected chi connectivity index (χ3v) is 5.65. The summed E-state index contributed by atoms with van der Waals surface area (Å²) in [7, 11) is 0. The summed E-state index contributed by atoms with van der Waals surface area (Å²) in [5.41, 5.74) is 1.80. The lowest BCUT2D eigenvalue weighted by Gasteiger charge is -2.13. The monoisotopic (exact) mass is 472 g/mol. The number of ether oxygens (including phenoxy) is 1. The average Bonchev–Trinajstić information content (AvgIpc) is 2.84. The molecule has 4 aromatic rings. The Labute approximate surface area is 201 Å². The first kappa shape index (κ1) is 22.4. The standard InChI is InChI=1S/C27H18Cl2N2O2/c28-23-11-6-12-24(29)26(23)31-27(32)20(16-30)15-22-21-10-5-4-9-19(21)13-14-25(22)33-17-18-7-2-1-3-8-18/h1-15H,17H2,(H,31,32)/b20-15+.